The van der Waals surface area contributed by atoms with Crippen molar-refractivity contribution in [1.29, 1.82) is 0 Å². The number of carbonyl (C=O) groups is 2. The predicted molar refractivity (Wildman–Crippen MR) is 71.3 cm³/mol. The number of alkyl carbamates (subject to hydrolysis) is 1. The highest BCUT2D eigenvalue weighted by Gasteiger charge is 2.21. The lowest BCUT2D eigenvalue weighted by molar-refractivity contribution is -0.384. The Morgan fingerprint density at radius 3 is 2.60 bits per heavy atom. The van der Waals surface area contributed by atoms with E-state index < -0.39 is 22.7 Å². The lowest BCUT2D eigenvalue weighted by atomic mass is 10.1. The predicted octanol–water partition coefficient (Wildman–Crippen LogP) is 2.36. The number of ether oxygens (including phenoxy) is 1. The van der Waals surface area contributed by atoms with Crippen LogP contribution in [0.2, 0.25) is 0 Å². The van der Waals surface area contributed by atoms with Crippen LogP contribution in [0.4, 0.5) is 10.5 Å². The van der Waals surface area contributed by atoms with Gasteiger partial charge in [0.15, 0.2) is 0 Å². The molecule has 20 heavy (non-hydrogen) atoms. The van der Waals surface area contributed by atoms with Crippen molar-refractivity contribution in [3.63, 3.8) is 0 Å². The summed E-state index contributed by atoms with van der Waals surface area (Å²) in [7, 11) is 0. The average Bonchev–Trinajstić information content (AvgIpc) is 2.34. The number of aldehydes is 1. The number of rotatable bonds is 4. The summed E-state index contributed by atoms with van der Waals surface area (Å²) in [4.78, 5) is 32.8. The van der Waals surface area contributed by atoms with Gasteiger partial charge in [-0.25, -0.2) is 4.79 Å². The first-order chi connectivity index (χ1) is 9.23. The molecule has 0 fully saturated rings. The summed E-state index contributed by atoms with van der Waals surface area (Å²) in [6.45, 7) is 5.07. The van der Waals surface area contributed by atoms with E-state index in [1.165, 1.54) is 24.3 Å². The van der Waals surface area contributed by atoms with Gasteiger partial charge in [-0.05, 0) is 26.3 Å². The van der Waals surface area contributed by atoms with E-state index in [1.807, 2.05) is 0 Å². The molecule has 1 rings (SSSR count). The maximum absolute atomic E-state index is 11.6. The summed E-state index contributed by atoms with van der Waals surface area (Å²) in [6, 6.07) is 4.50. The molecule has 1 aromatic carbocycles. The molecule has 0 aliphatic carbocycles. The van der Waals surface area contributed by atoms with Crippen molar-refractivity contribution < 1.29 is 19.2 Å². The highest BCUT2D eigenvalue weighted by Crippen LogP contribution is 2.18. The molecule has 0 heterocycles. The molecule has 0 aromatic heterocycles. The minimum Gasteiger partial charge on any atom is -0.444 e. The first kappa shape index (κ1) is 15.6. The van der Waals surface area contributed by atoms with Gasteiger partial charge in [-0.1, -0.05) is 12.1 Å². The average molecular weight is 280 g/mol. The van der Waals surface area contributed by atoms with Crippen LogP contribution in [0.3, 0.4) is 0 Å². The van der Waals surface area contributed by atoms with Crippen LogP contribution in [-0.4, -0.2) is 22.9 Å². The molecule has 108 valence electrons. The molecule has 1 amide bonds. The number of nitrogens with one attached hydrogen (secondary N) is 1. The van der Waals surface area contributed by atoms with Crippen molar-refractivity contribution in [2.24, 2.45) is 0 Å². The number of nitro groups is 1. The van der Waals surface area contributed by atoms with Crippen LogP contribution < -0.4 is 5.32 Å². The maximum atomic E-state index is 11.6. The maximum Gasteiger partial charge on any atom is 0.408 e. The van der Waals surface area contributed by atoms with Crippen LogP contribution in [0.5, 0.6) is 0 Å². The van der Waals surface area contributed by atoms with Gasteiger partial charge in [-0.2, -0.15) is 0 Å². The topological polar surface area (TPSA) is 98.5 Å². The van der Waals surface area contributed by atoms with E-state index in [9.17, 15) is 19.7 Å². The molecular weight excluding hydrogens is 264 g/mol. The number of nitrogens with zero attached hydrogens (tertiary/aromatic N) is 1. The largest absolute Gasteiger partial charge is 0.444 e. The minimum absolute atomic E-state index is 0.152. The number of carbonyl (C=O) groups excluding carboxylic acids is 2. The van der Waals surface area contributed by atoms with Crippen molar-refractivity contribution in [3.05, 3.63) is 39.9 Å². The fraction of sp³-hybridized carbons (Fsp3) is 0.385. The van der Waals surface area contributed by atoms with E-state index in [4.69, 9.17) is 4.74 Å². The number of hydrogen-bond acceptors (Lipinski definition) is 5. The number of non-ortho nitro benzene ring substituents is 1. The number of benzene rings is 1. The van der Waals surface area contributed by atoms with Crippen LogP contribution in [0, 0.1) is 10.1 Å². The fourth-order valence-electron chi connectivity index (χ4n) is 1.46. The van der Waals surface area contributed by atoms with Gasteiger partial charge in [0.25, 0.3) is 5.69 Å². The van der Waals surface area contributed by atoms with Gasteiger partial charge in [0.05, 0.1) is 4.92 Å². The number of hydrogen-bond donors (Lipinski definition) is 1. The van der Waals surface area contributed by atoms with Crippen molar-refractivity contribution in [2.75, 3.05) is 0 Å². The Hall–Kier alpha value is -2.44. The second kappa shape index (κ2) is 6.14. The molecule has 0 bridgehead atoms. The van der Waals surface area contributed by atoms with Crippen LogP contribution >= 0.6 is 0 Å². The van der Waals surface area contributed by atoms with Gasteiger partial charge in [-0.15, -0.1) is 0 Å². The standard InChI is InChI=1S/C13H16N2O5/c1-13(2,3)20-12(17)14-11(8-16)9-5-4-6-10(7-9)15(18)19/h4-8,11H,1-3H3,(H,14,17). The van der Waals surface area contributed by atoms with Crippen molar-refractivity contribution in [3.8, 4) is 0 Å². The molecule has 1 unspecified atom stereocenters. The van der Waals surface area contributed by atoms with Crippen molar-refractivity contribution in [1.82, 2.24) is 5.32 Å². The summed E-state index contributed by atoms with van der Waals surface area (Å²) in [5.74, 6) is 0. The molecule has 0 aliphatic rings. The summed E-state index contributed by atoms with van der Waals surface area (Å²) in [5.41, 5.74) is -0.527. The smallest absolute Gasteiger partial charge is 0.408 e. The molecule has 7 nitrogen and oxygen atoms in total. The zero-order valence-corrected chi connectivity index (χ0v) is 11.5. The Bertz CT molecular complexity index is 522. The third kappa shape index (κ3) is 4.68. The Kier molecular flexibility index (Phi) is 4.79. The zero-order chi connectivity index (χ0) is 15.3. The Labute approximate surface area is 116 Å². The molecule has 0 saturated carbocycles. The highest BCUT2D eigenvalue weighted by atomic mass is 16.6. The summed E-state index contributed by atoms with van der Waals surface area (Å²) < 4.78 is 5.03. The fourth-order valence-corrected chi connectivity index (χ4v) is 1.46. The van der Waals surface area contributed by atoms with Crippen LogP contribution in [0.15, 0.2) is 24.3 Å². The normalized spacial score (nSPS) is 12.3. The summed E-state index contributed by atoms with van der Waals surface area (Å²) >= 11 is 0. The second-order valence-electron chi connectivity index (χ2n) is 5.11. The number of amides is 1. The van der Waals surface area contributed by atoms with E-state index in [0.717, 1.165) is 0 Å². The van der Waals surface area contributed by atoms with Gasteiger partial charge >= 0.3 is 6.09 Å². The van der Waals surface area contributed by atoms with Crippen LogP contribution in [-0.2, 0) is 9.53 Å². The third-order valence-electron chi connectivity index (χ3n) is 2.25. The number of nitro benzene ring substituents is 1. The Balaban J connectivity index is 2.86. The van der Waals surface area contributed by atoms with Crippen LogP contribution in [0.1, 0.15) is 32.4 Å². The first-order valence-corrected chi connectivity index (χ1v) is 5.92. The van der Waals surface area contributed by atoms with E-state index in [2.05, 4.69) is 5.32 Å². The molecule has 0 aliphatic heterocycles. The van der Waals surface area contributed by atoms with E-state index in [0.29, 0.717) is 11.8 Å². The molecular formula is C13H16N2O5. The highest BCUT2D eigenvalue weighted by molar-refractivity contribution is 5.74. The Morgan fingerprint density at radius 1 is 1.45 bits per heavy atom. The monoisotopic (exact) mass is 280 g/mol. The SMILES string of the molecule is CC(C)(C)OC(=O)NC(C=O)c1cccc([N+](=O)[O-])c1. The molecule has 7 heteroatoms. The second-order valence-corrected chi connectivity index (χ2v) is 5.11. The minimum atomic E-state index is -0.996. The van der Waals surface area contributed by atoms with Crippen LogP contribution in [0.25, 0.3) is 0 Å². The van der Waals surface area contributed by atoms with E-state index in [1.54, 1.807) is 20.8 Å². The Morgan fingerprint density at radius 2 is 2.10 bits per heavy atom. The van der Waals surface area contributed by atoms with Gasteiger partial charge in [0.2, 0.25) is 0 Å². The quantitative estimate of drug-likeness (QED) is 0.518. The lowest BCUT2D eigenvalue weighted by Crippen LogP contribution is -2.35. The van der Waals surface area contributed by atoms with Crippen molar-refractivity contribution >= 4 is 18.1 Å². The van der Waals surface area contributed by atoms with Crippen molar-refractivity contribution in [2.45, 2.75) is 32.4 Å². The molecule has 1 N–H and O–H groups in total. The van der Waals surface area contributed by atoms with Gasteiger partial charge in [0.1, 0.15) is 17.9 Å². The van der Waals surface area contributed by atoms with Gasteiger partial charge in [-0.3, -0.25) is 10.1 Å². The van der Waals surface area contributed by atoms with E-state index >= 15 is 0 Å². The summed E-state index contributed by atoms with van der Waals surface area (Å²) in [6.07, 6.45) is -0.274. The van der Waals surface area contributed by atoms with Gasteiger partial charge in [0, 0.05) is 12.1 Å². The first-order valence-electron chi connectivity index (χ1n) is 5.92. The third-order valence-corrected chi connectivity index (χ3v) is 2.25. The zero-order valence-electron chi connectivity index (χ0n) is 11.5. The molecule has 1 atom stereocenters. The lowest BCUT2D eigenvalue weighted by Gasteiger charge is -2.21. The molecule has 0 saturated heterocycles. The van der Waals surface area contributed by atoms with E-state index in [-0.39, 0.29) is 5.69 Å². The molecule has 0 spiro atoms. The summed E-state index contributed by atoms with van der Waals surface area (Å²) in [5, 5.41) is 13.0. The molecule has 0 radical (unpaired) electrons. The molecule has 1 aromatic rings. The van der Waals surface area contributed by atoms with Gasteiger partial charge < -0.3 is 14.8 Å².